The normalized spacial score (nSPS) is 11.8. The number of hydrogen-bond acceptors (Lipinski definition) is 3. The first-order valence-corrected chi connectivity index (χ1v) is 5.94. The van der Waals surface area contributed by atoms with Gasteiger partial charge in [-0.3, -0.25) is 0 Å². The van der Waals surface area contributed by atoms with Crippen molar-refractivity contribution in [2.24, 2.45) is 0 Å². The first kappa shape index (κ1) is 14.5. The maximum atomic E-state index is 13.2. The van der Waals surface area contributed by atoms with Gasteiger partial charge >= 0.3 is 6.18 Å². The standard InChI is InChI=1S/C13H12F4N2O/c1-2-18-6-9-7-20-12(19-9)8-3-4-11(14)10(5-8)13(15,16)17/h3-5,7,18H,2,6H2,1H3. The summed E-state index contributed by atoms with van der Waals surface area (Å²) >= 11 is 0. The Morgan fingerprint density at radius 3 is 2.70 bits per heavy atom. The third-order valence-corrected chi connectivity index (χ3v) is 2.63. The predicted molar refractivity (Wildman–Crippen MR) is 64.3 cm³/mol. The molecule has 0 unspecified atom stereocenters. The van der Waals surface area contributed by atoms with Gasteiger partial charge in [-0.15, -0.1) is 0 Å². The van der Waals surface area contributed by atoms with Crippen molar-refractivity contribution < 1.29 is 22.0 Å². The van der Waals surface area contributed by atoms with E-state index in [0.717, 1.165) is 12.6 Å². The monoisotopic (exact) mass is 288 g/mol. The SMILES string of the molecule is CCNCc1coc(-c2ccc(F)c(C(F)(F)F)c2)n1. The molecule has 0 bridgehead atoms. The van der Waals surface area contributed by atoms with Gasteiger partial charge in [0.25, 0.3) is 0 Å². The topological polar surface area (TPSA) is 38.1 Å². The fourth-order valence-corrected chi connectivity index (χ4v) is 1.65. The minimum Gasteiger partial charge on any atom is -0.444 e. The van der Waals surface area contributed by atoms with E-state index >= 15 is 0 Å². The zero-order chi connectivity index (χ0) is 14.8. The van der Waals surface area contributed by atoms with Crippen LogP contribution in [0.25, 0.3) is 11.5 Å². The van der Waals surface area contributed by atoms with Gasteiger partial charge in [-0.05, 0) is 24.7 Å². The Labute approximate surface area is 112 Å². The molecular formula is C13H12F4N2O. The summed E-state index contributed by atoms with van der Waals surface area (Å²) in [5.41, 5.74) is -0.678. The molecule has 0 aliphatic rings. The van der Waals surface area contributed by atoms with E-state index in [9.17, 15) is 17.6 Å². The zero-order valence-electron chi connectivity index (χ0n) is 10.6. The highest BCUT2D eigenvalue weighted by atomic mass is 19.4. The quantitative estimate of drug-likeness (QED) is 0.873. The highest BCUT2D eigenvalue weighted by molar-refractivity contribution is 5.55. The highest BCUT2D eigenvalue weighted by Gasteiger charge is 2.34. The summed E-state index contributed by atoms with van der Waals surface area (Å²) in [4.78, 5) is 4.05. The zero-order valence-corrected chi connectivity index (χ0v) is 10.6. The molecule has 7 heteroatoms. The van der Waals surface area contributed by atoms with Crippen molar-refractivity contribution >= 4 is 0 Å². The molecule has 1 aromatic carbocycles. The fourth-order valence-electron chi connectivity index (χ4n) is 1.65. The third-order valence-electron chi connectivity index (χ3n) is 2.63. The van der Waals surface area contributed by atoms with Gasteiger partial charge in [0.2, 0.25) is 5.89 Å². The van der Waals surface area contributed by atoms with Crippen molar-refractivity contribution in [3.05, 3.63) is 41.5 Å². The van der Waals surface area contributed by atoms with Gasteiger partial charge in [0.15, 0.2) is 0 Å². The van der Waals surface area contributed by atoms with Crippen LogP contribution in [0.15, 0.2) is 28.9 Å². The Morgan fingerprint density at radius 2 is 2.05 bits per heavy atom. The van der Waals surface area contributed by atoms with Crippen molar-refractivity contribution in [2.45, 2.75) is 19.6 Å². The van der Waals surface area contributed by atoms with Crippen LogP contribution in [0, 0.1) is 5.82 Å². The molecule has 20 heavy (non-hydrogen) atoms. The summed E-state index contributed by atoms with van der Waals surface area (Å²) in [7, 11) is 0. The molecule has 0 aliphatic heterocycles. The van der Waals surface area contributed by atoms with Crippen molar-refractivity contribution in [2.75, 3.05) is 6.54 Å². The molecule has 0 saturated carbocycles. The van der Waals surface area contributed by atoms with Gasteiger partial charge in [0, 0.05) is 12.1 Å². The van der Waals surface area contributed by atoms with E-state index in [4.69, 9.17) is 4.42 Å². The molecule has 0 radical (unpaired) electrons. The first-order valence-electron chi connectivity index (χ1n) is 5.94. The molecule has 0 saturated heterocycles. The number of aromatic nitrogens is 1. The first-order chi connectivity index (χ1) is 9.41. The van der Waals surface area contributed by atoms with Gasteiger partial charge in [0.05, 0.1) is 11.3 Å². The van der Waals surface area contributed by atoms with Crippen LogP contribution in [0.3, 0.4) is 0 Å². The molecule has 0 fully saturated rings. The minimum atomic E-state index is -4.75. The second-order valence-corrected chi connectivity index (χ2v) is 4.12. The molecular weight excluding hydrogens is 276 g/mol. The summed E-state index contributed by atoms with van der Waals surface area (Å²) in [6.07, 6.45) is -3.39. The van der Waals surface area contributed by atoms with E-state index in [1.807, 2.05) is 6.92 Å². The number of benzene rings is 1. The van der Waals surface area contributed by atoms with Crippen molar-refractivity contribution in [1.29, 1.82) is 0 Å². The van der Waals surface area contributed by atoms with E-state index in [1.165, 1.54) is 12.3 Å². The summed E-state index contributed by atoms with van der Waals surface area (Å²) in [5, 5.41) is 3.01. The molecule has 1 aromatic heterocycles. The highest BCUT2D eigenvalue weighted by Crippen LogP contribution is 2.34. The van der Waals surface area contributed by atoms with Crippen LogP contribution in [-0.4, -0.2) is 11.5 Å². The average molecular weight is 288 g/mol. The lowest BCUT2D eigenvalue weighted by Gasteiger charge is -2.08. The maximum Gasteiger partial charge on any atom is 0.419 e. The molecule has 3 nitrogen and oxygen atoms in total. The van der Waals surface area contributed by atoms with Crippen LogP contribution in [0.2, 0.25) is 0 Å². The van der Waals surface area contributed by atoms with Crippen molar-refractivity contribution in [3.8, 4) is 11.5 Å². The van der Waals surface area contributed by atoms with Gasteiger partial charge in [-0.1, -0.05) is 6.92 Å². The Bertz CT molecular complexity index is 592. The summed E-state index contributed by atoms with van der Waals surface area (Å²) < 4.78 is 56.1. The second kappa shape index (κ2) is 5.62. The van der Waals surface area contributed by atoms with Gasteiger partial charge in [-0.25, -0.2) is 9.37 Å². The summed E-state index contributed by atoms with van der Waals surface area (Å²) in [6.45, 7) is 3.10. The van der Waals surface area contributed by atoms with Crippen LogP contribution in [0.1, 0.15) is 18.2 Å². The number of hydrogen-bond donors (Lipinski definition) is 1. The van der Waals surface area contributed by atoms with E-state index in [2.05, 4.69) is 10.3 Å². The van der Waals surface area contributed by atoms with Crippen molar-refractivity contribution in [1.82, 2.24) is 10.3 Å². The number of oxazole rings is 1. The Kier molecular flexibility index (Phi) is 4.08. The van der Waals surface area contributed by atoms with Gasteiger partial charge < -0.3 is 9.73 Å². The number of nitrogens with one attached hydrogen (secondary N) is 1. The second-order valence-electron chi connectivity index (χ2n) is 4.12. The number of alkyl halides is 3. The molecule has 0 amide bonds. The predicted octanol–water partition coefficient (Wildman–Crippen LogP) is 3.61. The maximum absolute atomic E-state index is 13.2. The van der Waals surface area contributed by atoms with Crippen LogP contribution >= 0.6 is 0 Å². The summed E-state index contributed by atoms with van der Waals surface area (Å²) in [5.74, 6) is -1.29. The van der Waals surface area contributed by atoms with E-state index in [-0.39, 0.29) is 11.5 Å². The third kappa shape index (κ3) is 3.16. The fraction of sp³-hybridized carbons (Fsp3) is 0.308. The molecule has 108 valence electrons. The van der Waals surface area contributed by atoms with Crippen molar-refractivity contribution in [3.63, 3.8) is 0 Å². The molecule has 0 atom stereocenters. The van der Waals surface area contributed by atoms with Gasteiger partial charge in [0.1, 0.15) is 12.1 Å². The Hall–Kier alpha value is -1.89. The van der Waals surface area contributed by atoms with E-state index in [1.54, 1.807) is 0 Å². The number of halogens is 4. The van der Waals surface area contributed by atoms with Crippen LogP contribution < -0.4 is 5.32 Å². The lowest BCUT2D eigenvalue weighted by molar-refractivity contribution is -0.139. The molecule has 1 N–H and O–H groups in total. The minimum absolute atomic E-state index is 0.0309. The van der Waals surface area contributed by atoms with Crippen LogP contribution in [-0.2, 0) is 12.7 Å². The molecule has 1 heterocycles. The van der Waals surface area contributed by atoms with E-state index in [0.29, 0.717) is 18.3 Å². The Morgan fingerprint density at radius 1 is 1.30 bits per heavy atom. The van der Waals surface area contributed by atoms with E-state index < -0.39 is 17.6 Å². The number of nitrogens with zero attached hydrogens (tertiary/aromatic N) is 1. The lowest BCUT2D eigenvalue weighted by atomic mass is 10.1. The smallest absolute Gasteiger partial charge is 0.419 e. The number of rotatable bonds is 4. The lowest BCUT2D eigenvalue weighted by Crippen LogP contribution is -2.11. The molecule has 2 rings (SSSR count). The molecule has 0 aliphatic carbocycles. The van der Waals surface area contributed by atoms with Crippen LogP contribution in [0.5, 0.6) is 0 Å². The molecule has 0 spiro atoms. The molecule has 2 aromatic rings. The van der Waals surface area contributed by atoms with Crippen LogP contribution in [0.4, 0.5) is 17.6 Å². The summed E-state index contributed by atoms with van der Waals surface area (Å²) in [6, 6.07) is 2.65. The average Bonchev–Trinajstić information content (AvgIpc) is 2.84. The van der Waals surface area contributed by atoms with Gasteiger partial charge in [-0.2, -0.15) is 13.2 Å². The Balaban J connectivity index is 2.31. The largest absolute Gasteiger partial charge is 0.444 e.